The Hall–Kier alpha value is -1.83. The number of fused-ring (bicyclic) bond motifs is 3. The zero-order valence-corrected chi connectivity index (χ0v) is 9.12. The number of allylic oxidation sites excluding steroid dienone is 1. The Kier molecular flexibility index (Phi) is 1.81. The van der Waals surface area contributed by atoms with Gasteiger partial charge in [-0.1, -0.05) is 30.8 Å². The first-order valence-electron chi connectivity index (χ1n) is 5.38. The van der Waals surface area contributed by atoms with E-state index in [9.17, 15) is 4.79 Å². The topological polar surface area (TPSA) is 26.3 Å². The molecule has 80 valence electrons. The van der Waals surface area contributed by atoms with Gasteiger partial charge in [-0.3, -0.25) is 0 Å². The number of benzene rings is 1. The van der Waals surface area contributed by atoms with Gasteiger partial charge in [0.2, 0.25) is 0 Å². The van der Waals surface area contributed by atoms with E-state index in [1.54, 1.807) is 6.92 Å². The van der Waals surface area contributed by atoms with Crippen LogP contribution in [0.1, 0.15) is 30.4 Å². The molecule has 2 aliphatic rings. The van der Waals surface area contributed by atoms with Crippen LogP contribution in [0.4, 0.5) is 0 Å². The summed E-state index contributed by atoms with van der Waals surface area (Å²) >= 11 is 0. The second-order valence-corrected chi connectivity index (χ2v) is 4.37. The van der Waals surface area contributed by atoms with Gasteiger partial charge in [-0.15, -0.1) is 0 Å². The Morgan fingerprint density at radius 2 is 2.19 bits per heavy atom. The van der Waals surface area contributed by atoms with Crippen LogP contribution in [0.5, 0.6) is 0 Å². The number of esters is 1. The van der Waals surface area contributed by atoms with Crippen molar-refractivity contribution < 1.29 is 9.53 Å². The van der Waals surface area contributed by atoms with Crippen LogP contribution in [-0.4, -0.2) is 5.97 Å². The summed E-state index contributed by atoms with van der Waals surface area (Å²) in [5, 5.41) is 0. The molecule has 0 heterocycles. The van der Waals surface area contributed by atoms with E-state index in [0.29, 0.717) is 11.5 Å². The smallest absolute Gasteiger partial charge is 0.338 e. The average molecular weight is 212 g/mol. The number of hydrogen-bond donors (Lipinski definition) is 0. The maximum absolute atomic E-state index is 11.5. The Morgan fingerprint density at radius 3 is 2.94 bits per heavy atom. The van der Waals surface area contributed by atoms with Crippen LogP contribution in [0.25, 0.3) is 5.76 Å². The fourth-order valence-corrected chi connectivity index (χ4v) is 2.19. The molecule has 2 aliphatic carbocycles. The molecule has 0 N–H and O–H groups in total. The maximum atomic E-state index is 11.5. The van der Waals surface area contributed by atoms with Crippen molar-refractivity contribution in [2.45, 2.75) is 19.3 Å². The fraction of sp³-hybridized carbons (Fsp3) is 0.214. The van der Waals surface area contributed by atoms with Crippen molar-refractivity contribution in [2.75, 3.05) is 0 Å². The first-order chi connectivity index (χ1) is 7.68. The van der Waals surface area contributed by atoms with Gasteiger partial charge in [0.15, 0.2) is 0 Å². The zero-order valence-electron chi connectivity index (χ0n) is 9.12. The second-order valence-electron chi connectivity index (χ2n) is 4.37. The van der Waals surface area contributed by atoms with E-state index in [0.717, 1.165) is 17.7 Å². The molecule has 3 rings (SSSR count). The third-order valence-electron chi connectivity index (χ3n) is 3.10. The molecule has 0 radical (unpaired) electrons. The highest BCUT2D eigenvalue weighted by Crippen LogP contribution is 2.58. The van der Waals surface area contributed by atoms with Gasteiger partial charge in [0.1, 0.15) is 5.76 Å². The summed E-state index contributed by atoms with van der Waals surface area (Å²) in [5.74, 6) is 0.947. The highest BCUT2D eigenvalue weighted by molar-refractivity contribution is 5.94. The van der Waals surface area contributed by atoms with Gasteiger partial charge in [-0.2, -0.15) is 0 Å². The first kappa shape index (κ1) is 9.40. The molecular weight excluding hydrogens is 200 g/mol. The molecule has 1 saturated carbocycles. The van der Waals surface area contributed by atoms with Crippen molar-refractivity contribution in [1.29, 1.82) is 0 Å². The van der Waals surface area contributed by atoms with Crippen molar-refractivity contribution in [3.63, 3.8) is 0 Å². The first-order valence-corrected chi connectivity index (χ1v) is 5.38. The van der Waals surface area contributed by atoms with Crippen LogP contribution in [-0.2, 0) is 9.53 Å². The lowest BCUT2D eigenvalue weighted by Gasteiger charge is -2.08. The minimum Gasteiger partial charge on any atom is -0.423 e. The summed E-state index contributed by atoms with van der Waals surface area (Å²) in [4.78, 5) is 11.5. The summed E-state index contributed by atoms with van der Waals surface area (Å²) in [7, 11) is 0. The van der Waals surface area contributed by atoms with Crippen LogP contribution in [0.3, 0.4) is 0 Å². The van der Waals surface area contributed by atoms with Crippen LogP contribution in [0.2, 0.25) is 0 Å². The van der Waals surface area contributed by atoms with Crippen molar-refractivity contribution in [3.05, 3.63) is 53.1 Å². The lowest BCUT2D eigenvalue weighted by atomic mass is 10.1. The van der Waals surface area contributed by atoms with Gasteiger partial charge in [0.25, 0.3) is 0 Å². The molecule has 0 aromatic heterocycles. The van der Waals surface area contributed by atoms with E-state index in [4.69, 9.17) is 4.74 Å². The number of rotatable bonds is 2. The predicted octanol–water partition coefficient (Wildman–Crippen LogP) is 3.02. The summed E-state index contributed by atoms with van der Waals surface area (Å²) in [6, 6.07) is 8.11. The molecule has 2 nitrogen and oxygen atoms in total. The number of carbonyl (C=O) groups excluding carboxylic acids is 1. The lowest BCUT2D eigenvalue weighted by molar-refractivity contribution is -0.132. The molecule has 16 heavy (non-hydrogen) atoms. The standard InChI is InChI=1S/C14H12O2/c1-8(2)14(15)16-13-10-6-4-3-5-9(10)11-7-12(11)13/h3-6,11H,1,7H2,2H3. The quantitative estimate of drug-likeness (QED) is 0.556. The van der Waals surface area contributed by atoms with Gasteiger partial charge in [-0.25, -0.2) is 4.79 Å². The monoisotopic (exact) mass is 212 g/mol. The molecule has 1 fully saturated rings. The number of carbonyl (C=O) groups is 1. The van der Waals surface area contributed by atoms with Crippen molar-refractivity contribution >= 4 is 11.7 Å². The van der Waals surface area contributed by atoms with Crippen LogP contribution in [0, 0.1) is 0 Å². The van der Waals surface area contributed by atoms with E-state index in [1.165, 1.54) is 11.1 Å². The third kappa shape index (κ3) is 1.23. The predicted molar refractivity (Wildman–Crippen MR) is 61.6 cm³/mol. The molecule has 1 atom stereocenters. The van der Waals surface area contributed by atoms with E-state index in [-0.39, 0.29) is 5.97 Å². The maximum Gasteiger partial charge on any atom is 0.338 e. The minimum atomic E-state index is -0.329. The van der Waals surface area contributed by atoms with Crippen LogP contribution >= 0.6 is 0 Å². The molecule has 0 saturated heterocycles. The normalized spacial score (nSPS) is 20.2. The molecule has 2 heteroatoms. The second kappa shape index (κ2) is 3.08. The Morgan fingerprint density at radius 1 is 1.44 bits per heavy atom. The minimum absolute atomic E-state index is 0.329. The highest BCUT2D eigenvalue weighted by atomic mass is 16.5. The molecule has 1 aromatic carbocycles. The SMILES string of the molecule is C=C(C)C(=O)OC1=C2CC2c2ccccc21. The number of ether oxygens (including phenoxy) is 1. The van der Waals surface area contributed by atoms with E-state index < -0.39 is 0 Å². The van der Waals surface area contributed by atoms with E-state index in [1.807, 2.05) is 18.2 Å². The Labute approximate surface area is 94.2 Å². The number of hydrogen-bond acceptors (Lipinski definition) is 2. The Bertz CT molecular complexity index is 537. The molecule has 0 spiro atoms. The van der Waals surface area contributed by atoms with E-state index >= 15 is 0 Å². The Balaban J connectivity index is 1.96. The van der Waals surface area contributed by atoms with Gasteiger partial charge < -0.3 is 4.74 Å². The van der Waals surface area contributed by atoms with Crippen molar-refractivity contribution in [3.8, 4) is 0 Å². The largest absolute Gasteiger partial charge is 0.423 e. The van der Waals surface area contributed by atoms with Crippen molar-refractivity contribution in [1.82, 2.24) is 0 Å². The summed E-state index contributed by atoms with van der Waals surface area (Å²) < 4.78 is 5.39. The molecule has 0 amide bonds. The third-order valence-corrected chi connectivity index (χ3v) is 3.10. The molecule has 0 aliphatic heterocycles. The van der Waals surface area contributed by atoms with E-state index in [2.05, 4.69) is 12.6 Å². The van der Waals surface area contributed by atoms with Crippen LogP contribution in [0.15, 0.2) is 42.0 Å². The van der Waals surface area contributed by atoms with Gasteiger partial charge in [0, 0.05) is 17.1 Å². The summed E-state index contributed by atoms with van der Waals surface area (Å²) in [5.41, 5.74) is 4.07. The molecule has 0 bridgehead atoms. The zero-order chi connectivity index (χ0) is 11.3. The fourth-order valence-electron chi connectivity index (χ4n) is 2.19. The molecule has 1 unspecified atom stereocenters. The lowest BCUT2D eigenvalue weighted by Crippen LogP contribution is -2.04. The van der Waals surface area contributed by atoms with Gasteiger partial charge in [-0.05, 0) is 24.5 Å². The average Bonchev–Trinajstić information content (AvgIpc) is 3.00. The highest BCUT2D eigenvalue weighted by Gasteiger charge is 2.44. The molecular formula is C14H12O2. The molecule has 1 aromatic rings. The summed E-state index contributed by atoms with van der Waals surface area (Å²) in [6.07, 6.45) is 1.04. The van der Waals surface area contributed by atoms with Crippen LogP contribution < -0.4 is 0 Å². The summed E-state index contributed by atoms with van der Waals surface area (Å²) in [6.45, 7) is 5.26. The van der Waals surface area contributed by atoms with Gasteiger partial charge >= 0.3 is 5.97 Å². The van der Waals surface area contributed by atoms with Gasteiger partial charge in [0.05, 0.1) is 0 Å². The van der Waals surface area contributed by atoms with Crippen molar-refractivity contribution in [2.24, 2.45) is 0 Å².